The van der Waals surface area contributed by atoms with Crippen molar-refractivity contribution in [2.24, 2.45) is 0 Å². The largest absolute Gasteiger partial charge is 0.309 e. The molecule has 0 aliphatic rings. The van der Waals surface area contributed by atoms with E-state index in [1.54, 1.807) is 16.6 Å². The summed E-state index contributed by atoms with van der Waals surface area (Å²) >= 11 is 0. The number of fused-ring (bicyclic) bond motifs is 1. The van der Waals surface area contributed by atoms with Crippen molar-refractivity contribution in [2.75, 3.05) is 5.32 Å². The molecule has 1 N–H and O–H groups in total. The molecular formula is C18H23N7O2. The number of carbonyl (C=O) groups excluding carboxylic acids is 1. The molecule has 3 rings (SSSR count). The lowest BCUT2D eigenvalue weighted by atomic mass is 9.92. The fraction of sp³-hybridized carbons (Fsp3) is 0.444. The number of amides is 1. The van der Waals surface area contributed by atoms with Gasteiger partial charge < -0.3 is 5.32 Å². The van der Waals surface area contributed by atoms with Crippen molar-refractivity contribution in [2.45, 2.75) is 52.5 Å². The van der Waals surface area contributed by atoms with Gasteiger partial charge in [-0.3, -0.25) is 9.59 Å². The molecule has 9 heteroatoms. The minimum atomic E-state index is -0.391. The van der Waals surface area contributed by atoms with E-state index in [1.807, 2.05) is 34.6 Å². The van der Waals surface area contributed by atoms with Crippen LogP contribution in [0.4, 0.5) is 5.82 Å². The van der Waals surface area contributed by atoms with Gasteiger partial charge in [0, 0.05) is 17.5 Å². The van der Waals surface area contributed by atoms with E-state index in [0.717, 1.165) is 5.69 Å². The van der Waals surface area contributed by atoms with Crippen molar-refractivity contribution in [1.82, 2.24) is 29.4 Å². The highest BCUT2D eigenvalue weighted by atomic mass is 16.2. The molecule has 0 saturated heterocycles. The Bertz CT molecular complexity index is 1030. The second kappa shape index (κ2) is 6.90. The number of nitrogens with zero attached hydrogens (tertiary/aromatic N) is 6. The van der Waals surface area contributed by atoms with E-state index < -0.39 is 5.91 Å². The van der Waals surface area contributed by atoms with E-state index in [1.165, 1.54) is 17.2 Å². The number of hydrogen-bond donors (Lipinski definition) is 1. The van der Waals surface area contributed by atoms with Crippen LogP contribution in [0.25, 0.3) is 5.52 Å². The molecule has 0 bridgehead atoms. The van der Waals surface area contributed by atoms with Gasteiger partial charge in [0.1, 0.15) is 24.2 Å². The van der Waals surface area contributed by atoms with Gasteiger partial charge in [-0.05, 0) is 12.1 Å². The maximum atomic E-state index is 12.9. The lowest BCUT2D eigenvalue weighted by Crippen LogP contribution is -2.32. The molecule has 3 aromatic heterocycles. The number of aromatic nitrogens is 6. The first-order chi connectivity index (χ1) is 12.7. The molecule has 142 valence electrons. The Balaban J connectivity index is 2.01. The van der Waals surface area contributed by atoms with Gasteiger partial charge >= 0.3 is 0 Å². The predicted molar refractivity (Wildman–Crippen MR) is 101 cm³/mol. The molecule has 0 spiro atoms. The highest BCUT2D eigenvalue weighted by Gasteiger charge is 2.23. The van der Waals surface area contributed by atoms with E-state index in [-0.39, 0.29) is 23.4 Å². The van der Waals surface area contributed by atoms with Gasteiger partial charge in [0.05, 0.1) is 5.69 Å². The van der Waals surface area contributed by atoms with Crippen LogP contribution in [0.2, 0.25) is 0 Å². The van der Waals surface area contributed by atoms with Gasteiger partial charge in [-0.1, -0.05) is 34.6 Å². The van der Waals surface area contributed by atoms with E-state index >= 15 is 0 Å². The van der Waals surface area contributed by atoms with Crippen LogP contribution in [0.15, 0.2) is 29.5 Å². The van der Waals surface area contributed by atoms with Crippen molar-refractivity contribution < 1.29 is 4.79 Å². The molecule has 0 radical (unpaired) electrons. The van der Waals surface area contributed by atoms with Gasteiger partial charge in [0.15, 0.2) is 5.82 Å². The minimum absolute atomic E-state index is 0.0250. The third kappa shape index (κ3) is 3.86. The molecule has 3 aromatic rings. The molecule has 1 amide bonds. The molecule has 0 unspecified atom stereocenters. The van der Waals surface area contributed by atoms with Crippen LogP contribution < -0.4 is 10.9 Å². The van der Waals surface area contributed by atoms with Crippen LogP contribution in [-0.4, -0.2) is 35.3 Å². The highest BCUT2D eigenvalue weighted by Crippen LogP contribution is 2.22. The Labute approximate surface area is 156 Å². The SMILES string of the molecule is CC(C)c1nn(CC(=O)Nc2ccncn2)c(=O)c2cc(C(C)(C)C)nn12. The molecule has 9 nitrogen and oxygen atoms in total. The second-order valence-electron chi connectivity index (χ2n) is 7.70. The number of anilines is 1. The zero-order valence-corrected chi connectivity index (χ0v) is 16.1. The fourth-order valence-electron chi connectivity index (χ4n) is 2.57. The summed E-state index contributed by atoms with van der Waals surface area (Å²) in [6.45, 7) is 9.82. The van der Waals surface area contributed by atoms with E-state index in [4.69, 9.17) is 0 Å². The van der Waals surface area contributed by atoms with E-state index in [9.17, 15) is 9.59 Å². The smallest absolute Gasteiger partial charge is 0.293 e. The summed E-state index contributed by atoms with van der Waals surface area (Å²) in [6.07, 6.45) is 2.86. The minimum Gasteiger partial charge on any atom is -0.309 e. The van der Waals surface area contributed by atoms with E-state index in [0.29, 0.717) is 17.2 Å². The van der Waals surface area contributed by atoms with Crippen LogP contribution in [-0.2, 0) is 16.8 Å². The molecule has 0 aliphatic carbocycles. The summed E-state index contributed by atoms with van der Waals surface area (Å²) in [6, 6.07) is 3.35. The maximum absolute atomic E-state index is 12.9. The van der Waals surface area contributed by atoms with Gasteiger partial charge in [0.2, 0.25) is 5.91 Å². The quantitative estimate of drug-likeness (QED) is 0.751. The van der Waals surface area contributed by atoms with Crippen molar-refractivity contribution in [3.63, 3.8) is 0 Å². The van der Waals surface area contributed by atoms with Gasteiger partial charge in [0.25, 0.3) is 5.56 Å². The molecule has 27 heavy (non-hydrogen) atoms. The van der Waals surface area contributed by atoms with E-state index in [2.05, 4.69) is 25.5 Å². The summed E-state index contributed by atoms with van der Waals surface area (Å²) in [7, 11) is 0. The Morgan fingerprint density at radius 3 is 2.59 bits per heavy atom. The molecule has 0 atom stereocenters. The van der Waals surface area contributed by atoms with Crippen LogP contribution in [0, 0.1) is 0 Å². The Morgan fingerprint density at radius 1 is 1.26 bits per heavy atom. The summed E-state index contributed by atoms with van der Waals surface area (Å²) in [5.41, 5.74) is 0.641. The molecule has 3 heterocycles. The molecule has 0 aromatic carbocycles. The van der Waals surface area contributed by atoms with Gasteiger partial charge in [-0.2, -0.15) is 10.2 Å². The Kier molecular flexibility index (Phi) is 4.77. The summed E-state index contributed by atoms with van der Waals surface area (Å²) in [5.74, 6) is 0.623. The molecule has 0 fully saturated rings. The van der Waals surface area contributed by atoms with Crippen LogP contribution in [0.5, 0.6) is 0 Å². The monoisotopic (exact) mass is 369 g/mol. The van der Waals surface area contributed by atoms with Gasteiger partial charge in [-0.15, -0.1) is 0 Å². The first-order valence-corrected chi connectivity index (χ1v) is 8.74. The number of rotatable bonds is 4. The predicted octanol–water partition coefficient (Wildman–Crippen LogP) is 1.74. The highest BCUT2D eigenvalue weighted by molar-refractivity contribution is 5.89. The average molecular weight is 369 g/mol. The number of hydrogen-bond acceptors (Lipinski definition) is 6. The molecule has 0 aliphatic heterocycles. The third-order valence-corrected chi connectivity index (χ3v) is 4.03. The standard InChI is InChI=1S/C18H23N7O2/c1-11(2)16-23-24(9-15(26)21-14-6-7-19-10-20-14)17(27)12-8-13(18(3,4)5)22-25(12)16/h6-8,10-11H,9H2,1-5H3,(H,19,20,21,26). The number of carbonyl (C=O) groups is 1. The first kappa shape index (κ1) is 18.7. The Hall–Kier alpha value is -3.10. The van der Waals surface area contributed by atoms with Crippen molar-refractivity contribution in [3.8, 4) is 0 Å². The third-order valence-electron chi connectivity index (χ3n) is 4.03. The lowest BCUT2D eigenvalue weighted by molar-refractivity contribution is -0.117. The van der Waals surface area contributed by atoms with Crippen molar-refractivity contribution in [3.05, 3.63) is 46.5 Å². The molecule has 0 saturated carbocycles. The van der Waals surface area contributed by atoms with Gasteiger partial charge in [-0.25, -0.2) is 19.2 Å². The number of nitrogens with one attached hydrogen (secondary N) is 1. The van der Waals surface area contributed by atoms with Crippen LogP contribution >= 0.6 is 0 Å². The second-order valence-corrected chi connectivity index (χ2v) is 7.70. The topological polar surface area (TPSA) is 107 Å². The lowest BCUT2D eigenvalue weighted by Gasteiger charge is -2.14. The van der Waals surface area contributed by atoms with Crippen LogP contribution in [0.1, 0.15) is 52.1 Å². The zero-order valence-electron chi connectivity index (χ0n) is 16.1. The summed E-state index contributed by atoms with van der Waals surface area (Å²) in [4.78, 5) is 32.9. The maximum Gasteiger partial charge on any atom is 0.293 e. The summed E-state index contributed by atoms with van der Waals surface area (Å²) < 4.78 is 2.77. The molecular weight excluding hydrogens is 346 g/mol. The Morgan fingerprint density at radius 2 is 2.00 bits per heavy atom. The average Bonchev–Trinajstić information content (AvgIpc) is 3.04. The van der Waals surface area contributed by atoms with Crippen LogP contribution in [0.3, 0.4) is 0 Å². The summed E-state index contributed by atoms with van der Waals surface area (Å²) in [5, 5.41) is 11.6. The van der Waals surface area contributed by atoms with Crippen molar-refractivity contribution in [1.29, 1.82) is 0 Å². The first-order valence-electron chi connectivity index (χ1n) is 8.74. The fourth-order valence-corrected chi connectivity index (χ4v) is 2.57. The van der Waals surface area contributed by atoms with Crippen molar-refractivity contribution >= 4 is 17.2 Å². The zero-order chi connectivity index (χ0) is 19.8. The normalized spacial score (nSPS) is 11.9.